The predicted octanol–water partition coefficient (Wildman–Crippen LogP) is 1.59. The molecule has 2 N–H and O–H groups in total. The van der Waals surface area contributed by atoms with Crippen molar-refractivity contribution in [3.63, 3.8) is 0 Å². The van der Waals surface area contributed by atoms with Crippen molar-refractivity contribution in [2.24, 2.45) is 5.92 Å². The van der Waals surface area contributed by atoms with Crippen LogP contribution in [0.3, 0.4) is 0 Å². The topological polar surface area (TPSA) is 103 Å². The highest BCUT2D eigenvalue weighted by molar-refractivity contribution is 6.03. The molecule has 4 atom stereocenters. The number of aromatic nitrogens is 2. The Bertz CT molecular complexity index is 883. The van der Waals surface area contributed by atoms with Crippen LogP contribution in [0.5, 0.6) is 0 Å². The summed E-state index contributed by atoms with van der Waals surface area (Å²) in [6, 6.07) is 10.2. The lowest BCUT2D eigenvalue weighted by Crippen LogP contribution is -2.35. The lowest BCUT2D eigenvalue weighted by atomic mass is 10.0. The summed E-state index contributed by atoms with van der Waals surface area (Å²) < 4.78 is 12.9. The van der Waals surface area contributed by atoms with Crippen molar-refractivity contribution in [2.75, 3.05) is 18.5 Å². The third-order valence-electron chi connectivity index (χ3n) is 4.67. The Kier molecular flexibility index (Phi) is 6.35. The first-order valence-electron chi connectivity index (χ1n) is 8.99. The van der Waals surface area contributed by atoms with E-state index in [1.807, 2.05) is 13.0 Å². The van der Waals surface area contributed by atoms with Crippen molar-refractivity contribution >= 4 is 11.7 Å². The van der Waals surface area contributed by atoms with Crippen molar-refractivity contribution in [3.8, 4) is 0 Å². The number of carbonyl (C=O) groups excluding carboxylic acids is 1. The van der Waals surface area contributed by atoms with Crippen LogP contribution in [0, 0.1) is 5.92 Å². The number of aliphatic hydroxyl groups is 1. The molecule has 148 valence electrons. The largest absolute Gasteiger partial charge is 0.394 e. The summed E-state index contributed by atoms with van der Waals surface area (Å²) in [6.45, 7) is 5.63. The van der Waals surface area contributed by atoms with Crippen LogP contribution in [-0.2, 0) is 9.47 Å². The number of aliphatic hydroxyl groups excluding tert-OH is 1. The molecule has 1 aliphatic rings. The van der Waals surface area contributed by atoms with E-state index in [1.165, 1.54) is 16.8 Å². The number of nitrogens with zero attached hydrogens (tertiary/aromatic N) is 2. The number of carbonyl (C=O) groups is 1. The predicted molar refractivity (Wildman–Crippen MR) is 103 cm³/mol. The zero-order valence-electron chi connectivity index (χ0n) is 15.5. The van der Waals surface area contributed by atoms with E-state index in [9.17, 15) is 14.7 Å². The summed E-state index contributed by atoms with van der Waals surface area (Å²) in [6.07, 6.45) is 1.48. The van der Waals surface area contributed by atoms with Gasteiger partial charge in [-0.25, -0.2) is 4.79 Å². The summed E-state index contributed by atoms with van der Waals surface area (Å²) in [7, 11) is 0. The molecule has 2 aromatic rings. The Morgan fingerprint density at radius 3 is 2.79 bits per heavy atom. The first-order chi connectivity index (χ1) is 13.5. The van der Waals surface area contributed by atoms with Gasteiger partial charge in [0.15, 0.2) is 6.23 Å². The van der Waals surface area contributed by atoms with Crippen LogP contribution >= 0.6 is 0 Å². The fourth-order valence-electron chi connectivity index (χ4n) is 3.15. The van der Waals surface area contributed by atoms with Crippen LogP contribution in [-0.4, -0.2) is 46.0 Å². The van der Waals surface area contributed by atoms with Gasteiger partial charge >= 0.3 is 5.69 Å². The molecular weight excluding hydrogens is 362 g/mol. The molecule has 1 aromatic heterocycles. The van der Waals surface area contributed by atoms with Crippen molar-refractivity contribution in [3.05, 3.63) is 71.3 Å². The third-order valence-corrected chi connectivity index (χ3v) is 4.67. The number of nitrogens with one attached hydrogen (secondary N) is 1. The summed E-state index contributed by atoms with van der Waals surface area (Å²) >= 11 is 0. The Morgan fingerprint density at radius 2 is 2.14 bits per heavy atom. The first kappa shape index (κ1) is 19.9. The molecule has 1 aliphatic heterocycles. The van der Waals surface area contributed by atoms with Crippen LogP contribution in [0.4, 0.5) is 5.82 Å². The molecule has 28 heavy (non-hydrogen) atoms. The van der Waals surface area contributed by atoms with Crippen molar-refractivity contribution < 1.29 is 19.4 Å². The monoisotopic (exact) mass is 385 g/mol. The molecule has 8 nitrogen and oxygen atoms in total. The molecule has 0 saturated carbocycles. The van der Waals surface area contributed by atoms with Gasteiger partial charge in [0, 0.05) is 17.7 Å². The van der Waals surface area contributed by atoms with Crippen LogP contribution in [0.15, 0.2) is 60.0 Å². The standard InChI is InChI=1S/C20H23N3O5/c1-3-11-27-17-13(2)15(12-24)28-19(17)23-10-9-16(22-20(23)26)21-18(25)14-7-5-4-6-8-14/h3-10,13,15,17,19,24H,1,11-12H2,2H3,(H,21,22,25,26)/t13-,15-,17-,19-/m1/s1. The minimum Gasteiger partial charge on any atom is -0.394 e. The van der Waals surface area contributed by atoms with Gasteiger partial charge in [0.1, 0.15) is 11.9 Å². The maximum absolute atomic E-state index is 12.5. The second kappa shape index (κ2) is 8.92. The number of hydrogen-bond donors (Lipinski definition) is 2. The lowest BCUT2D eigenvalue weighted by molar-refractivity contribution is -0.0681. The smallest absolute Gasteiger partial charge is 0.351 e. The minimum atomic E-state index is -0.731. The van der Waals surface area contributed by atoms with Gasteiger partial charge < -0.3 is 19.9 Å². The molecule has 0 unspecified atom stereocenters. The number of amides is 1. The van der Waals surface area contributed by atoms with E-state index >= 15 is 0 Å². The Hall–Kier alpha value is -2.81. The van der Waals surface area contributed by atoms with Gasteiger partial charge in [0.25, 0.3) is 5.91 Å². The van der Waals surface area contributed by atoms with Gasteiger partial charge in [-0.3, -0.25) is 9.36 Å². The van der Waals surface area contributed by atoms with E-state index in [0.29, 0.717) is 12.2 Å². The highest BCUT2D eigenvalue weighted by atomic mass is 16.6. The van der Waals surface area contributed by atoms with Crippen molar-refractivity contribution in [1.82, 2.24) is 9.55 Å². The molecule has 1 amide bonds. The van der Waals surface area contributed by atoms with Crippen LogP contribution in [0.25, 0.3) is 0 Å². The van der Waals surface area contributed by atoms with Gasteiger partial charge in [0.05, 0.1) is 19.3 Å². The molecule has 8 heteroatoms. The van der Waals surface area contributed by atoms with Gasteiger partial charge in [-0.15, -0.1) is 6.58 Å². The minimum absolute atomic E-state index is 0.126. The van der Waals surface area contributed by atoms with E-state index in [4.69, 9.17) is 9.47 Å². The van der Waals surface area contributed by atoms with Gasteiger partial charge in [-0.1, -0.05) is 31.2 Å². The Labute approximate surface area is 162 Å². The average Bonchev–Trinajstić information content (AvgIpc) is 3.02. The summed E-state index contributed by atoms with van der Waals surface area (Å²) in [4.78, 5) is 28.7. The normalized spacial score (nSPS) is 24.1. The molecule has 0 aliphatic carbocycles. The van der Waals surface area contributed by atoms with E-state index in [2.05, 4.69) is 16.9 Å². The summed E-state index contributed by atoms with van der Waals surface area (Å²) in [5.74, 6) is -0.341. The fraction of sp³-hybridized carbons (Fsp3) is 0.350. The maximum Gasteiger partial charge on any atom is 0.351 e. The second-order valence-corrected chi connectivity index (χ2v) is 6.52. The molecule has 0 bridgehead atoms. The molecule has 3 rings (SSSR count). The summed E-state index contributed by atoms with van der Waals surface area (Å²) in [5.41, 5.74) is -0.126. The lowest BCUT2D eigenvalue weighted by Gasteiger charge is -2.22. The highest BCUT2D eigenvalue weighted by Gasteiger charge is 2.43. The Balaban J connectivity index is 1.80. The van der Waals surface area contributed by atoms with E-state index in [1.54, 1.807) is 30.3 Å². The maximum atomic E-state index is 12.5. The van der Waals surface area contributed by atoms with Gasteiger partial charge in [0.2, 0.25) is 0 Å². The van der Waals surface area contributed by atoms with Crippen LogP contribution in [0.1, 0.15) is 23.5 Å². The van der Waals surface area contributed by atoms with Gasteiger partial charge in [-0.2, -0.15) is 4.98 Å². The fourth-order valence-corrected chi connectivity index (χ4v) is 3.15. The van der Waals surface area contributed by atoms with Crippen molar-refractivity contribution in [1.29, 1.82) is 0 Å². The SMILES string of the molecule is C=CCO[C@@H]1[C@H](C)[C@@H](CO)O[C@H]1n1ccc(NC(=O)c2ccccc2)nc1=O. The molecule has 1 fully saturated rings. The third kappa shape index (κ3) is 4.19. The quantitative estimate of drug-likeness (QED) is 0.702. The number of ether oxygens (including phenoxy) is 2. The molecule has 0 radical (unpaired) electrons. The second-order valence-electron chi connectivity index (χ2n) is 6.52. The van der Waals surface area contributed by atoms with Crippen LogP contribution < -0.4 is 11.0 Å². The number of hydrogen-bond acceptors (Lipinski definition) is 6. The molecular formula is C20H23N3O5. The Morgan fingerprint density at radius 1 is 1.39 bits per heavy atom. The molecule has 1 saturated heterocycles. The number of anilines is 1. The number of benzene rings is 1. The molecule has 1 aromatic carbocycles. The van der Waals surface area contributed by atoms with Crippen LogP contribution in [0.2, 0.25) is 0 Å². The highest BCUT2D eigenvalue weighted by Crippen LogP contribution is 2.35. The zero-order chi connectivity index (χ0) is 20.1. The molecule has 0 spiro atoms. The number of rotatable bonds is 7. The average molecular weight is 385 g/mol. The van der Waals surface area contributed by atoms with E-state index in [-0.39, 0.29) is 24.2 Å². The van der Waals surface area contributed by atoms with E-state index < -0.39 is 24.1 Å². The van der Waals surface area contributed by atoms with Crippen molar-refractivity contribution in [2.45, 2.75) is 25.4 Å². The zero-order valence-corrected chi connectivity index (χ0v) is 15.5. The summed E-state index contributed by atoms with van der Waals surface area (Å²) in [5, 5.41) is 12.1. The first-order valence-corrected chi connectivity index (χ1v) is 8.99. The van der Waals surface area contributed by atoms with E-state index in [0.717, 1.165) is 0 Å². The van der Waals surface area contributed by atoms with Gasteiger partial charge in [-0.05, 0) is 18.2 Å². The molecule has 2 heterocycles.